The van der Waals surface area contributed by atoms with Crippen molar-refractivity contribution in [1.82, 2.24) is 24.8 Å². The molecule has 3 aliphatic heterocycles. The molecule has 9 heteroatoms. The molecule has 3 saturated heterocycles. The van der Waals surface area contributed by atoms with Crippen LogP contribution in [0.4, 0.5) is 0 Å². The van der Waals surface area contributed by atoms with Crippen molar-refractivity contribution in [3.8, 4) is 11.4 Å². The van der Waals surface area contributed by atoms with Crippen LogP contribution in [0.25, 0.3) is 22.6 Å². The maximum atomic E-state index is 12.9. The number of halogens is 2. The average Bonchev–Trinajstić information content (AvgIpc) is 3.08. The first kappa shape index (κ1) is 22.5. The lowest BCUT2D eigenvalue weighted by molar-refractivity contribution is -0.123. The Morgan fingerprint density at radius 1 is 1.17 bits per heavy atom. The normalized spacial score (nSPS) is 22.2. The van der Waals surface area contributed by atoms with Gasteiger partial charge in [0.25, 0.3) is 0 Å². The fourth-order valence-corrected chi connectivity index (χ4v) is 4.58. The summed E-state index contributed by atoms with van der Waals surface area (Å²) < 4.78 is 1.90. The van der Waals surface area contributed by atoms with E-state index in [-0.39, 0.29) is 36.4 Å². The first-order chi connectivity index (χ1) is 13.7. The summed E-state index contributed by atoms with van der Waals surface area (Å²) in [6, 6.07) is 11.5. The van der Waals surface area contributed by atoms with Gasteiger partial charge < -0.3 is 15.7 Å². The molecular weight excluding hydrogens is 425 g/mol. The van der Waals surface area contributed by atoms with E-state index < -0.39 is 0 Å². The van der Waals surface area contributed by atoms with Crippen LogP contribution in [0.1, 0.15) is 12.8 Å². The fraction of sp³-hybridized carbons (Fsp3) is 0.381. The van der Waals surface area contributed by atoms with Crippen LogP contribution in [0.5, 0.6) is 0 Å². The Bertz CT molecular complexity index is 1020. The molecule has 5 heterocycles. The van der Waals surface area contributed by atoms with Crippen molar-refractivity contribution >= 4 is 41.1 Å². The van der Waals surface area contributed by atoms with E-state index in [0.29, 0.717) is 10.9 Å². The summed E-state index contributed by atoms with van der Waals surface area (Å²) in [7, 11) is 0. The number of carbonyl (C=O) groups is 1. The summed E-state index contributed by atoms with van der Waals surface area (Å²) in [6.07, 6.45) is 4.09. The van der Waals surface area contributed by atoms with Crippen LogP contribution < -0.4 is 5.32 Å². The molecule has 0 spiro atoms. The average molecular weight is 450 g/mol. The molecule has 1 atom stereocenters. The topological polar surface area (TPSA) is 94.5 Å². The number of aromatic nitrogens is 3. The monoisotopic (exact) mass is 449 g/mol. The quantitative estimate of drug-likeness (QED) is 0.661. The number of benzene rings is 1. The maximum absolute atomic E-state index is 12.9. The summed E-state index contributed by atoms with van der Waals surface area (Å²) >= 11 is 6.03. The molecular formula is C21H25Cl2N5O2. The van der Waals surface area contributed by atoms with Crippen molar-refractivity contribution in [3.63, 3.8) is 0 Å². The van der Waals surface area contributed by atoms with Gasteiger partial charge in [0, 0.05) is 29.4 Å². The third kappa shape index (κ3) is 4.30. The van der Waals surface area contributed by atoms with Crippen LogP contribution in [0.2, 0.25) is 5.02 Å². The molecule has 3 aromatic rings. The zero-order valence-electron chi connectivity index (χ0n) is 16.4. The van der Waals surface area contributed by atoms with Gasteiger partial charge in [-0.3, -0.25) is 9.36 Å². The molecule has 1 aromatic carbocycles. The van der Waals surface area contributed by atoms with E-state index in [9.17, 15) is 4.79 Å². The van der Waals surface area contributed by atoms with Gasteiger partial charge in [-0.05, 0) is 68.2 Å². The van der Waals surface area contributed by atoms with Crippen LogP contribution in [-0.4, -0.2) is 56.5 Å². The van der Waals surface area contributed by atoms with E-state index in [1.807, 2.05) is 41.0 Å². The van der Waals surface area contributed by atoms with Crippen molar-refractivity contribution < 1.29 is 10.3 Å². The number of hydrogen-bond acceptors (Lipinski definition) is 4. The van der Waals surface area contributed by atoms with Crippen LogP contribution >= 0.6 is 24.0 Å². The van der Waals surface area contributed by atoms with Crippen LogP contribution in [0, 0.1) is 5.92 Å². The SMILES string of the molecule is Cl.O.O=C(Cn1c(-c2ccc(Cl)cc2)nc2cccnc21)NC1CN2CCC1CC2. The Morgan fingerprint density at radius 2 is 1.90 bits per heavy atom. The standard InChI is InChI=1S/C21H22ClN5O.ClH.H2O/c22-16-5-3-15(4-6-16)20-25-17-2-1-9-23-21(17)27(20)13-19(28)24-18-12-26-10-7-14(18)8-11-26;;/h1-6,9,14,18H,7-8,10-13H2,(H,24,28);1H;1H2. The summed E-state index contributed by atoms with van der Waals surface area (Å²) in [5, 5.41) is 3.93. The number of amides is 1. The third-order valence-electron chi connectivity index (χ3n) is 5.91. The number of nitrogens with zero attached hydrogens (tertiary/aromatic N) is 4. The molecule has 6 rings (SSSR count). The van der Waals surface area contributed by atoms with E-state index >= 15 is 0 Å². The first-order valence-electron chi connectivity index (χ1n) is 9.76. The number of fused-ring (bicyclic) bond motifs is 4. The third-order valence-corrected chi connectivity index (χ3v) is 6.16. The number of hydrogen-bond donors (Lipinski definition) is 1. The predicted molar refractivity (Wildman–Crippen MR) is 120 cm³/mol. The highest BCUT2D eigenvalue weighted by Crippen LogP contribution is 2.28. The second-order valence-electron chi connectivity index (χ2n) is 7.69. The highest BCUT2D eigenvalue weighted by Gasteiger charge is 2.34. The number of pyridine rings is 1. The highest BCUT2D eigenvalue weighted by molar-refractivity contribution is 6.30. The number of rotatable bonds is 4. The lowest BCUT2D eigenvalue weighted by Gasteiger charge is -2.44. The van der Waals surface area contributed by atoms with Crippen LogP contribution in [0.15, 0.2) is 42.6 Å². The van der Waals surface area contributed by atoms with Gasteiger partial charge in [0.15, 0.2) is 5.65 Å². The minimum absolute atomic E-state index is 0. The van der Waals surface area contributed by atoms with Crippen molar-refractivity contribution in [3.05, 3.63) is 47.6 Å². The highest BCUT2D eigenvalue weighted by atomic mass is 35.5. The van der Waals surface area contributed by atoms with E-state index in [4.69, 9.17) is 16.6 Å². The maximum Gasteiger partial charge on any atom is 0.240 e. The zero-order valence-corrected chi connectivity index (χ0v) is 18.0. The first-order valence-corrected chi connectivity index (χ1v) is 10.1. The molecule has 3 N–H and O–H groups in total. The predicted octanol–water partition coefficient (Wildman–Crippen LogP) is 2.56. The second-order valence-corrected chi connectivity index (χ2v) is 8.12. The van der Waals surface area contributed by atoms with Crippen molar-refractivity contribution in [2.75, 3.05) is 19.6 Å². The lowest BCUT2D eigenvalue weighted by atomic mass is 9.84. The molecule has 3 aliphatic rings. The summed E-state index contributed by atoms with van der Waals surface area (Å²) in [4.78, 5) is 24.5. The number of carbonyl (C=O) groups excluding carboxylic acids is 1. The summed E-state index contributed by atoms with van der Waals surface area (Å²) in [5.41, 5.74) is 2.41. The molecule has 3 fully saturated rings. The van der Waals surface area contributed by atoms with E-state index in [0.717, 1.165) is 42.2 Å². The van der Waals surface area contributed by atoms with Gasteiger partial charge in [0.2, 0.25) is 5.91 Å². The Labute approximate surface area is 186 Å². The van der Waals surface area contributed by atoms with Gasteiger partial charge >= 0.3 is 0 Å². The van der Waals surface area contributed by atoms with Gasteiger partial charge in [-0.2, -0.15) is 0 Å². The van der Waals surface area contributed by atoms with E-state index in [1.165, 1.54) is 12.8 Å². The van der Waals surface area contributed by atoms with Crippen molar-refractivity contribution in [2.45, 2.75) is 25.4 Å². The molecule has 2 aromatic heterocycles. The van der Waals surface area contributed by atoms with Crippen LogP contribution in [-0.2, 0) is 11.3 Å². The molecule has 160 valence electrons. The molecule has 7 nitrogen and oxygen atoms in total. The smallest absolute Gasteiger partial charge is 0.240 e. The van der Waals surface area contributed by atoms with Gasteiger partial charge in [0.1, 0.15) is 17.9 Å². The Morgan fingerprint density at radius 3 is 2.57 bits per heavy atom. The van der Waals surface area contributed by atoms with Gasteiger partial charge in [-0.1, -0.05) is 11.6 Å². The summed E-state index contributed by atoms with van der Waals surface area (Å²) in [5.74, 6) is 1.34. The Kier molecular flexibility index (Phi) is 6.98. The Balaban J connectivity index is 0.00000128. The van der Waals surface area contributed by atoms with Gasteiger partial charge in [-0.25, -0.2) is 9.97 Å². The minimum atomic E-state index is 0. The number of imidazole rings is 1. The molecule has 1 amide bonds. The molecule has 0 aliphatic carbocycles. The Hall–Kier alpha value is -2.19. The van der Waals surface area contributed by atoms with Gasteiger partial charge in [0.05, 0.1) is 0 Å². The fourth-order valence-electron chi connectivity index (χ4n) is 4.45. The lowest BCUT2D eigenvalue weighted by Crippen LogP contribution is -2.57. The second kappa shape index (κ2) is 9.31. The molecule has 1 unspecified atom stereocenters. The molecule has 2 bridgehead atoms. The molecule has 30 heavy (non-hydrogen) atoms. The largest absolute Gasteiger partial charge is 0.412 e. The number of nitrogens with one attached hydrogen (secondary N) is 1. The molecule has 0 radical (unpaired) electrons. The zero-order chi connectivity index (χ0) is 19.1. The van der Waals surface area contributed by atoms with Crippen LogP contribution in [0.3, 0.4) is 0 Å². The van der Waals surface area contributed by atoms with Gasteiger partial charge in [-0.15, -0.1) is 12.4 Å². The van der Waals surface area contributed by atoms with Crippen molar-refractivity contribution in [2.24, 2.45) is 5.92 Å². The number of piperidine rings is 3. The van der Waals surface area contributed by atoms with E-state index in [1.54, 1.807) is 6.20 Å². The summed E-state index contributed by atoms with van der Waals surface area (Å²) in [6.45, 7) is 3.49. The van der Waals surface area contributed by atoms with Crippen molar-refractivity contribution in [1.29, 1.82) is 0 Å². The molecule has 0 saturated carbocycles. The van der Waals surface area contributed by atoms with E-state index in [2.05, 4.69) is 15.2 Å². The minimum Gasteiger partial charge on any atom is -0.412 e.